The minimum atomic E-state index is -0.921. The summed E-state index contributed by atoms with van der Waals surface area (Å²) in [5.41, 5.74) is 2.24. The molecule has 0 spiro atoms. The maximum Gasteiger partial charge on any atom is 0.310 e. The number of ether oxygens (including phenoxy) is 2. The lowest BCUT2D eigenvalue weighted by atomic mass is 10.0. The molecule has 3 rings (SSSR count). The van der Waals surface area contributed by atoms with E-state index in [4.69, 9.17) is 37.8 Å². The lowest BCUT2D eigenvalue weighted by Gasteiger charge is -2.18. The van der Waals surface area contributed by atoms with Crippen LogP contribution in [0.4, 0.5) is 0 Å². The summed E-state index contributed by atoms with van der Waals surface area (Å²) >= 11 is 12.4. The molecule has 1 atom stereocenters. The average Bonchev–Trinajstić information content (AvgIpc) is 2.85. The third kappa shape index (κ3) is 3.92. The molecule has 1 aliphatic heterocycles. The van der Waals surface area contributed by atoms with Gasteiger partial charge in [-0.25, -0.2) is 0 Å². The first-order chi connectivity index (χ1) is 12.2. The van der Waals surface area contributed by atoms with Crippen LogP contribution in [0.3, 0.4) is 0 Å². The zero-order valence-corrected chi connectivity index (χ0v) is 16.3. The maximum absolute atomic E-state index is 11.1. The second-order valence-electron chi connectivity index (χ2n) is 7.12. The van der Waals surface area contributed by atoms with Crippen LogP contribution in [0.1, 0.15) is 43.4 Å². The molecule has 26 heavy (non-hydrogen) atoms. The number of benzene rings is 2. The van der Waals surface area contributed by atoms with Crippen LogP contribution in [-0.2, 0) is 17.8 Å². The number of rotatable bonds is 5. The van der Waals surface area contributed by atoms with Crippen LogP contribution in [0.25, 0.3) is 0 Å². The van der Waals surface area contributed by atoms with Crippen molar-refractivity contribution < 1.29 is 19.4 Å². The van der Waals surface area contributed by atoms with Crippen molar-refractivity contribution in [3.05, 3.63) is 57.1 Å². The van der Waals surface area contributed by atoms with Gasteiger partial charge in [-0.15, -0.1) is 0 Å². The van der Waals surface area contributed by atoms with E-state index >= 15 is 0 Å². The molecule has 1 heterocycles. The Morgan fingerprint density at radius 1 is 1.31 bits per heavy atom. The standard InChI is InChI=1S/C20H20Cl2O4/c1-11(19(23)24)16-5-4-15(8-17(16)22)25-10-13-7-14(21)6-12-9-20(2,3)26-18(12)13/h4-8,11H,9-10H2,1-3H3,(H,23,24). The molecule has 0 aromatic heterocycles. The first-order valence-corrected chi connectivity index (χ1v) is 9.07. The van der Waals surface area contributed by atoms with Crippen LogP contribution in [0.5, 0.6) is 11.5 Å². The highest BCUT2D eigenvalue weighted by Gasteiger charge is 2.32. The quantitative estimate of drug-likeness (QED) is 0.729. The third-order valence-electron chi connectivity index (χ3n) is 4.41. The molecule has 4 nitrogen and oxygen atoms in total. The Hall–Kier alpha value is -1.91. The van der Waals surface area contributed by atoms with Crippen LogP contribution in [0.2, 0.25) is 10.0 Å². The van der Waals surface area contributed by atoms with Crippen molar-refractivity contribution in [1.82, 2.24) is 0 Å². The van der Waals surface area contributed by atoms with Gasteiger partial charge in [0.05, 0.1) is 5.92 Å². The van der Waals surface area contributed by atoms with E-state index in [9.17, 15) is 4.79 Å². The van der Waals surface area contributed by atoms with Gasteiger partial charge in [-0.05, 0) is 56.2 Å². The van der Waals surface area contributed by atoms with E-state index in [1.54, 1.807) is 25.1 Å². The van der Waals surface area contributed by atoms with E-state index in [2.05, 4.69) is 0 Å². The maximum atomic E-state index is 11.1. The van der Waals surface area contributed by atoms with Crippen molar-refractivity contribution in [2.75, 3.05) is 0 Å². The van der Waals surface area contributed by atoms with Crippen molar-refractivity contribution in [3.63, 3.8) is 0 Å². The average molecular weight is 395 g/mol. The largest absolute Gasteiger partial charge is 0.489 e. The molecule has 0 aliphatic carbocycles. The molecule has 0 saturated carbocycles. The second-order valence-corrected chi connectivity index (χ2v) is 7.97. The van der Waals surface area contributed by atoms with Crippen molar-refractivity contribution in [2.45, 2.75) is 45.3 Å². The van der Waals surface area contributed by atoms with E-state index in [-0.39, 0.29) is 12.2 Å². The lowest BCUT2D eigenvalue weighted by molar-refractivity contribution is -0.138. The summed E-state index contributed by atoms with van der Waals surface area (Å²) in [6.07, 6.45) is 0.795. The van der Waals surface area contributed by atoms with Gasteiger partial charge >= 0.3 is 5.97 Å². The summed E-state index contributed by atoms with van der Waals surface area (Å²) in [6, 6.07) is 8.79. The van der Waals surface area contributed by atoms with Gasteiger partial charge in [-0.3, -0.25) is 4.79 Å². The molecule has 0 amide bonds. The van der Waals surface area contributed by atoms with E-state index in [1.165, 1.54) is 0 Å². The number of carboxylic acid groups (broad SMARTS) is 1. The highest BCUT2D eigenvalue weighted by molar-refractivity contribution is 6.31. The molecule has 0 bridgehead atoms. The summed E-state index contributed by atoms with van der Waals surface area (Å²) in [5, 5.41) is 10.1. The zero-order valence-electron chi connectivity index (χ0n) is 14.8. The van der Waals surface area contributed by atoms with Crippen LogP contribution in [0, 0.1) is 0 Å². The normalized spacial score (nSPS) is 15.9. The Morgan fingerprint density at radius 2 is 2.04 bits per heavy atom. The van der Waals surface area contributed by atoms with Gasteiger partial charge in [0.15, 0.2) is 0 Å². The van der Waals surface area contributed by atoms with Crippen LogP contribution >= 0.6 is 23.2 Å². The Labute approximate surface area is 162 Å². The molecule has 0 fully saturated rings. The van der Waals surface area contributed by atoms with Crippen molar-refractivity contribution in [3.8, 4) is 11.5 Å². The molecule has 1 unspecified atom stereocenters. The highest BCUT2D eigenvalue weighted by Crippen LogP contribution is 2.40. The predicted octanol–water partition coefficient (Wildman–Crippen LogP) is 5.47. The van der Waals surface area contributed by atoms with E-state index in [1.807, 2.05) is 26.0 Å². The Bertz CT molecular complexity index is 861. The van der Waals surface area contributed by atoms with Gasteiger partial charge in [-0.2, -0.15) is 0 Å². The SMILES string of the molecule is CC(C(=O)O)c1ccc(OCc2cc(Cl)cc3c2OC(C)(C)C3)cc1Cl. The number of hydrogen-bond donors (Lipinski definition) is 1. The van der Waals surface area contributed by atoms with E-state index in [0.717, 1.165) is 23.3 Å². The van der Waals surface area contributed by atoms with Gasteiger partial charge in [0, 0.05) is 22.0 Å². The number of aliphatic carboxylic acids is 1. The minimum absolute atomic E-state index is 0.264. The summed E-state index contributed by atoms with van der Waals surface area (Å²) in [5.74, 6) is -0.220. The monoisotopic (exact) mass is 394 g/mol. The number of halogens is 2. The molecule has 0 saturated heterocycles. The van der Waals surface area contributed by atoms with Crippen molar-refractivity contribution in [1.29, 1.82) is 0 Å². The third-order valence-corrected chi connectivity index (χ3v) is 4.95. The second kappa shape index (κ2) is 7.01. The highest BCUT2D eigenvalue weighted by atomic mass is 35.5. The summed E-state index contributed by atoms with van der Waals surface area (Å²) in [6.45, 7) is 5.95. The van der Waals surface area contributed by atoms with E-state index < -0.39 is 11.9 Å². The van der Waals surface area contributed by atoms with Crippen molar-refractivity contribution >= 4 is 29.2 Å². The molecule has 1 N–H and O–H groups in total. The smallest absolute Gasteiger partial charge is 0.310 e. The molecule has 1 aliphatic rings. The zero-order chi connectivity index (χ0) is 19.1. The molecule has 0 radical (unpaired) electrons. The van der Waals surface area contributed by atoms with Gasteiger partial charge in [0.2, 0.25) is 0 Å². The summed E-state index contributed by atoms with van der Waals surface area (Å²) < 4.78 is 11.9. The Balaban J connectivity index is 1.79. The number of carboxylic acids is 1. The fourth-order valence-corrected chi connectivity index (χ4v) is 3.69. The van der Waals surface area contributed by atoms with Crippen LogP contribution in [-0.4, -0.2) is 16.7 Å². The van der Waals surface area contributed by atoms with Crippen LogP contribution in [0.15, 0.2) is 30.3 Å². The van der Waals surface area contributed by atoms with Gasteiger partial charge in [-0.1, -0.05) is 29.3 Å². The van der Waals surface area contributed by atoms with E-state index in [0.29, 0.717) is 21.4 Å². The number of carbonyl (C=O) groups is 1. The number of fused-ring (bicyclic) bond motifs is 1. The molecular weight excluding hydrogens is 375 g/mol. The van der Waals surface area contributed by atoms with Gasteiger partial charge in [0.25, 0.3) is 0 Å². The Kier molecular flexibility index (Phi) is 5.09. The molecular formula is C20H20Cl2O4. The van der Waals surface area contributed by atoms with Crippen molar-refractivity contribution in [2.24, 2.45) is 0 Å². The van der Waals surface area contributed by atoms with Gasteiger partial charge in [0.1, 0.15) is 23.7 Å². The molecule has 2 aromatic carbocycles. The fourth-order valence-electron chi connectivity index (χ4n) is 3.10. The molecule has 2 aromatic rings. The first-order valence-electron chi connectivity index (χ1n) is 8.31. The fraction of sp³-hybridized carbons (Fsp3) is 0.350. The molecule has 138 valence electrons. The van der Waals surface area contributed by atoms with Crippen LogP contribution < -0.4 is 9.47 Å². The minimum Gasteiger partial charge on any atom is -0.489 e. The predicted molar refractivity (Wildman–Crippen MR) is 102 cm³/mol. The Morgan fingerprint density at radius 3 is 2.69 bits per heavy atom. The van der Waals surface area contributed by atoms with Gasteiger partial charge < -0.3 is 14.6 Å². The molecule has 6 heteroatoms. The lowest BCUT2D eigenvalue weighted by Crippen LogP contribution is -2.25. The first kappa shape index (κ1) is 18.9. The topological polar surface area (TPSA) is 55.8 Å². The number of hydrogen-bond acceptors (Lipinski definition) is 3. The summed E-state index contributed by atoms with van der Waals surface area (Å²) in [4.78, 5) is 11.1. The summed E-state index contributed by atoms with van der Waals surface area (Å²) in [7, 11) is 0.